The number of ether oxygens (including phenoxy) is 1. The van der Waals surface area contributed by atoms with Gasteiger partial charge in [-0.25, -0.2) is 0 Å². The largest absolute Gasteiger partial charge is 0.491 e. The number of para-hydroxylation sites is 1. The Labute approximate surface area is 160 Å². The quantitative estimate of drug-likeness (QED) is 0.429. The average Bonchev–Trinajstić information content (AvgIpc) is 3.01. The van der Waals surface area contributed by atoms with Gasteiger partial charge in [0, 0.05) is 18.8 Å². The maximum Gasteiger partial charge on any atom is 0.303 e. The molecule has 0 bridgehead atoms. The lowest BCUT2D eigenvalue weighted by Gasteiger charge is -2.15. The van der Waals surface area contributed by atoms with Crippen molar-refractivity contribution in [3.8, 4) is 5.75 Å². The maximum absolute atomic E-state index is 12.1. The number of aliphatic hydroxyl groups excluding tert-OH is 1. The van der Waals surface area contributed by atoms with Crippen molar-refractivity contribution in [3.63, 3.8) is 0 Å². The molecule has 5 heteroatoms. The second kappa shape index (κ2) is 11.3. The summed E-state index contributed by atoms with van der Waals surface area (Å²) < 4.78 is 5.56. The highest BCUT2D eigenvalue weighted by molar-refractivity contribution is 5.88. The molecule has 0 amide bonds. The van der Waals surface area contributed by atoms with Crippen molar-refractivity contribution in [2.75, 3.05) is 6.61 Å². The second-order valence-corrected chi connectivity index (χ2v) is 6.81. The van der Waals surface area contributed by atoms with Gasteiger partial charge in [-0.05, 0) is 44.2 Å². The van der Waals surface area contributed by atoms with Crippen molar-refractivity contribution >= 4 is 11.8 Å². The van der Waals surface area contributed by atoms with Crippen LogP contribution in [-0.2, 0) is 9.59 Å². The number of carbonyl (C=O) groups is 2. The lowest BCUT2D eigenvalue weighted by Crippen LogP contribution is -2.18. The van der Waals surface area contributed by atoms with Gasteiger partial charge in [0.05, 0.1) is 6.10 Å². The number of aliphatic hydroxyl groups is 1. The van der Waals surface area contributed by atoms with E-state index >= 15 is 0 Å². The summed E-state index contributed by atoms with van der Waals surface area (Å²) >= 11 is 0. The number of benzene rings is 1. The SMILES string of the molecule is O=C(O)CCCC=CC[C@H]1C(=O)CC=C1CC[C@@H](O)COc1ccccc1. The minimum absolute atomic E-state index is 0.108. The fourth-order valence-electron chi connectivity index (χ4n) is 3.13. The number of hydrogen-bond acceptors (Lipinski definition) is 4. The number of carboxylic acids is 1. The highest BCUT2D eigenvalue weighted by Gasteiger charge is 2.26. The third kappa shape index (κ3) is 7.79. The molecule has 0 saturated heterocycles. The van der Waals surface area contributed by atoms with Gasteiger partial charge in [0.2, 0.25) is 0 Å². The molecule has 0 aliphatic heterocycles. The molecule has 1 aromatic rings. The van der Waals surface area contributed by atoms with Crippen LogP contribution in [0.15, 0.2) is 54.1 Å². The Bertz CT molecular complexity index is 663. The van der Waals surface area contributed by atoms with E-state index in [0.717, 1.165) is 11.3 Å². The van der Waals surface area contributed by atoms with E-state index < -0.39 is 12.1 Å². The molecule has 0 heterocycles. The lowest BCUT2D eigenvalue weighted by molar-refractivity contribution is -0.137. The van der Waals surface area contributed by atoms with E-state index in [2.05, 4.69) is 0 Å². The molecule has 2 atom stereocenters. The molecular weight excluding hydrogens is 344 g/mol. The van der Waals surface area contributed by atoms with E-state index in [-0.39, 0.29) is 24.7 Å². The molecule has 2 rings (SSSR count). The zero-order chi connectivity index (χ0) is 19.5. The lowest BCUT2D eigenvalue weighted by atomic mass is 9.92. The highest BCUT2D eigenvalue weighted by Crippen LogP contribution is 2.30. The normalized spacial score (nSPS) is 17.9. The van der Waals surface area contributed by atoms with Gasteiger partial charge in [-0.15, -0.1) is 0 Å². The van der Waals surface area contributed by atoms with Crippen LogP contribution in [0.5, 0.6) is 5.75 Å². The van der Waals surface area contributed by atoms with E-state index in [9.17, 15) is 14.7 Å². The molecule has 1 aromatic carbocycles. The zero-order valence-electron chi connectivity index (χ0n) is 15.5. The molecule has 0 unspecified atom stereocenters. The number of carboxylic acid groups (broad SMARTS) is 1. The van der Waals surface area contributed by atoms with Crippen molar-refractivity contribution in [2.24, 2.45) is 5.92 Å². The van der Waals surface area contributed by atoms with Crippen LogP contribution in [-0.4, -0.2) is 34.7 Å². The number of ketones is 1. The van der Waals surface area contributed by atoms with Crippen LogP contribution in [0.2, 0.25) is 0 Å². The van der Waals surface area contributed by atoms with Crippen LogP contribution >= 0.6 is 0 Å². The molecule has 27 heavy (non-hydrogen) atoms. The minimum Gasteiger partial charge on any atom is -0.491 e. The predicted octanol–water partition coefficient (Wildman–Crippen LogP) is 3.92. The number of Topliss-reactive ketones (excluding diaryl/α,β-unsaturated/α-hetero) is 1. The van der Waals surface area contributed by atoms with E-state index in [4.69, 9.17) is 9.84 Å². The third-order valence-corrected chi connectivity index (χ3v) is 4.65. The Kier molecular flexibility index (Phi) is 8.78. The van der Waals surface area contributed by atoms with Crippen molar-refractivity contribution in [1.82, 2.24) is 0 Å². The van der Waals surface area contributed by atoms with Crippen LogP contribution in [0.3, 0.4) is 0 Å². The molecule has 2 N–H and O–H groups in total. The summed E-state index contributed by atoms with van der Waals surface area (Å²) in [5.41, 5.74) is 1.09. The topological polar surface area (TPSA) is 83.8 Å². The molecular formula is C22H28O5. The van der Waals surface area contributed by atoms with Crippen LogP contribution in [0.1, 0.15) is 44.9 Å². The van der Waals surface area contributed by atoms with E-state index in [1.165, 1.54) is 0 Å². The van der Waals surface area contributed by atoms with Crippen molar-refractivity contribution in [1.29, 1.82) is 0 Å². The van der Waals surface area contributed by atoms with Gasteiger partial charge in [0.25, 0.3) is 0 Å². The van der Waals surface area contributed by atoms with Crippen LogP contribution in [0.4, 0.5) is 0 Å². The standard InChI is InChI=1S/C22H28O5/c23-18(16-27-19-8-4-3-5-9-19)14-12-17-13-15-21(24)20(17)10-6-1-2-7-11-22(25)26/h1,3-6,8-9,13,18,20,23H,2,7,10-12,14-16H2,(H,25,26)/t18-,20-/m1/s1. The zero-order valence-corrected chi connectivity index (χ0v) is 15.5. The smallest absolute Gasteiger partial charge is 0.303 e. The van der Waals surface area contributed by atoms with Gasteiger partial charge in [0.15, 0.2) is 0 Å². The molecule has 0 radical (unpaired) electrons. The van der Waals surface area contributed by atoms with Gasteiger partial charge in [0.1, 0.15) is 18.1 Å². The van der Waals surface area contributed by atoms with E-state index in [1.807, 2.05) is 48.6 Å². The first-order valence-electron chi connectivity index (χ1n) is 9.50. The summed E-state index contributed by atoms with van der Waals surface area (Å²) in [5, 5.41) is 18.8. The molecule has 146 valence electrons. The van der Waals surface area contributed by atoms with Gasteiger partial charge < -0.3 is 14.9 Å². The Morgan fingerprint density at radius 3 is 2.78 bits per heavy atom. The Balaban J connectivity index is 1.70. The first kappa shape index (κ1) is 20.9. The molecule has 5 nitrogen and oxygen atoms in total. The average molecular weight is 372 g/mol. The first-order valence-corrected chi connectivity index (χ1v) is 9.50. The summed E-state index contributed by atoms with van der Waals surface area (Å²) in [4.78, 5) is 22.6. The van der Waals surface area contributed by atoms with E-state index in [1.54, 1.807) is 0 Å². The van der Waals surface area contributed by atoms with E-state index in [0.29, 0.717) is 38.5 Å². The Morgan fingerprint density at radius 1 is 1.26 bits per heavy atom. The van der Waals surface area contributed by atoms with Crippen LogP contribution in [0.25, 0.3) is 0 Å². The van der Waals surface area contributed by atoms with Crippen molar-refractivity contribution in [2.45, 2.75) is 51.0 Å². The Hall–Kier alpha value is -2.40. The molecule has 0 fully saturated rings. The fraction of sp³-hybridized carbons (Fsp3) is 0.455. The van der Waals surface area contributed by atoms with Crippen LogP contribution in [0, 0.1) is 5.92 Å². The van der Waals surface area contributed by atoms with Crippen LogP contribution < -0.4 is 4.74 Å². The summed E-state index contributed by atoms with van der Waals surface area (Å²) in [5.74, 6) is 0.0605. The minimum atomic E-state index is -0.783. The number of allylic oxidation sites excluding steroid dienone is 4. The van der Waals surface area contributed by atoms with Gasteiger partial charge >= 0.3 is 5.97 Å². The monoisotopic (exact) mass is 372 g/mol. The summed E-state index contributed by atoms with van der Waals surface area (Å²) in [6.45, 7) is 0.236. The predicted molar refractivity (Wildman–Crippen MR) is 104 cm³/mol. The first-order chi connectivity index (χ1) is 13.1. The van der Waals surface area contributed by atoms with Gasteiger partial charge in [-0.1, -0.05) is 42.0 Å². The number of aliphatic carboxylic acids is 1. The number of unbranched alkanes of at least 4 members (excludes halogenated alkanes) is 1. The molecule has 0 aromatic heterocycles. The molecule has 1 aliphatic carbocycles. The third-order valence-electron chi connectivity index (χ3n) is 4.65. The van der Waals surface area contributed by atoms with Gasteiger partial charge in [-0.3, -0.25) is 9.59 Å². The second-order valence-electron chi connectivity index (χ2n) is 6.81. The summed E-state index contributed by atoms with van der Waals surface area (Å²) in [7, 11) is 0. The Morgan fingerprint density at radius 2 is 2.04 bits per heavy atom. The molecule has 0 spiro atoms. The van der Waals surface area contributed by atoms with Crippen molar-refractivity contribution < 1.29 is 24.5 Å². The highest BCUT2D eigenvalue weighted by atomic mass is 16.5. The van der Waals surface area contributed by atoms with Gasteiger partial charge in [-0.2, -0.15) is 0 Å². The maximum atomic E-state index is 12.1. The summed E-state index contributed by atoms with van der Waals surface area (Å²) in [6, 6.07) is 9.38. The molecule has 0 saturated carbocycles. The number of carbonyl (C=O) groups excluding carboxylic acids is 1. The number of hydrogen-bond donors (Lipinski definition) is 2. The summed E-state index contributed by atoms with van der Waals surface area (Å²) in [6.07, 6.45) is 9.17. The number of rotatable bonds is 12. The molecule has 1 aliphatic rings. The van der Waals surface area contributed by atoms with Crippen molar-refractivity contribution in [3.05, 3.63) is 54.1 Å². The fourth-order valence-corrected chi connectivity index (χ4v) is 3.13.